The molecule has 0 N–H and O–H groups in total. The molecule has 0 aliphatic heterocycles. The van der Waals surface area contributed by atoms with Crippen molar-refractivity contribution in [1.82, 2.24) is 0 Å². The fourth-order valence-electron chi connectivity index (χ4n) is 2.12. The second-order valence-corrected chi connectivity index (χ2v) is 5.24. The third-order valence-corrected chi connectivity index (χ3v) is 3.37. The van der Waals surface area contributed by atoms with Crippen LogP contribution >= 0.6 is 11.6 Å². The van der Waals surface area contributed by atoms with Gasteiger partial charge in [0.2, 0.25) is 5.24 Å². The Bertz CT molecular complexity index is 321. The molecule has 0 aliphatic carbocycles. The third-order valence-electron chi connectivity index (χ3n) is 3.18. The van der Waals surface area contributed by atoms with Crippen LogP contribution in [0.3, 0.4) is 0 Å². The summed E-state index contributed by atoms with van der Waals surface area (Å²) in [5.74, 6) is 0. The number of hydrogen-bond acceptors (Lipinski definition) is 1. The Kier molecular flexibility index (Phi) is 8.58. The molecule has 0 unspecified atom stereocenters. The molecule has 0 atom stereocenters. The van der Waals surface area contributed by atoms with Crippen LogP contribution in [0.4, 0.5) is 0 Å². The summed E-state index contributed by atoms with van der Waals surface area (Å²) >= 11 is 5.28. The molecule has 100 valence electrons. The largest absolute Gasteiger partial charge is 0.281 e. The lowest BCUT2D eigenvalue weighted by molar-refractivity contribution is -0.111. The summed E-state index contributed by atoms with van der Waals surface area (Å²) in [5.41, 5.74) is 1.44. The molecule has 0 spiro atoms. The van der Waals surface area contributed by atoms with Crippen molar-refractivity contribution < 1.29 is 4.79 Å². The smallest absolute Gasteiger partial charge is 0.221 e. The predicted molar refractivity (Wildman–Crippen MR) is 77.9 cm³/mol. The van der Waals surface area contributed by atoms with Crippen molar-refractivity contribution in [2.75, 3.05) is 0 Å². The Morgan fingerprint density at radius 3 is 2.00 bits per heavy atom. The maximum atomic E-state index is 10.5. The number of hydrogen-bond donors (Lipinski definition) is 0. The van der Waals surface area contributed by atoms with Crippen LogP contribution in [-0.2, 0) is 11.2 Å². The van der Waals surface area contributed by atoms with E-state index in [9.17, 15) is 4.79 Å². The van der Waals surface area contributed by atoms with E-state index in [0.29, 0.717) is 6.42 Å². The minimum atomic E-state index is -0.196. The fraction of sp³-hybridized carbons (Fsp3) is 0.562. The zero-order valence-electron chi connectivity index (χ0n) is 11.0. The van der Waals surface area contributed by atoms with Gasteiger partial charge in [0, 0.05) is 6.42 Å². The molecule has 0 fully saturated rings. The zero-order chi connectivity index (χ0) is 13.1. The van der Waals surface area contributed by atoms with Crippen molar-refractivity contribution in [2.45, 2.75) is 57.8 Å². The average Bonchev–Trinajstić information content (AvgIpc) is 2.37. The highest BCUT2D eigenvalue weighted by molar-refractivity contribution is 6.63. The van der Waals surface area contributed by atoms with E-state index in [2.05, 4.69) is 30.3 Å². The van der Waals surface area contributed by atoms with Crippen LogP contribution < -0.4 is 0 Å². The first-order valence-electron chi connectivity index (χ1n) is 7.01. The lowest BCUT2D eigenvalue weighted by Gasteiger charge is -2.02. The molecular formula is C16H23ClO. The maximum Gasteiger partial charge on any atom is 0.221 e. The van der Waals surface area contributed by atoms with E-state index < -0.39 is 0 Å². The summed E-state index contributed by atoms with van der Waals surface area (Å²) in [5, 5.41) is -0.196. The summed E-state index contributed by atoms with van der Waals surface area (Å²) < 4.78 is 0. The summed E-state index contributed by atoms with van der Waals surface area (Å²) in [7, 11) is 0. The van der Waals surface area contributed by atoms with Crippen LogP contribution in [0.25, 0.3) is 0 Å². The number of carbonyl (C=O) groups is 1. The number of carbonyl (C=O) groups excluding carboxylic acids is 1. The number of benzene rings is 1. The molecule has 0 saturated carbocycles. The van der Waals surface area contributed by atoms with E-state index in [1.54, 1.807) is 0 Å². The summed E-state index contributed by atoms with van der Waals surface area (Å²) in [4.78, 5) is 10.5. The van der Waals surface area contributed by atoms with Crippen molar-refractivity contribution in [3.63, 3.8) is 0 Å². The highest BCUT2D eigenvalue weighted by atomic mass is 35.5. The van der Waals surface area contributed by atoms with Gasteiger partial charge < -0.3 is 0 Å². The second kappa shape index (κ2) is 10.1. The van der Waals surface area contributed by atoms with Crippen molar-refractivity contribution in [3.05, 3.63) is 35.9 Å². The molecule has 2 heteroatoms. The number of halogens is 1. The van der Waals surface area contributed by atoms with E-state index in [4.69, 9.17) is 11.6 Å². The van der Waals surface area contributed by atoms with Crippen molar-refractivity contribution >= 4 is 16.8 Å². The summed E-state index contributed by atoms with van der Waals surface area (Å²) in [6, 6.07) is 10.7. The molecule has 1 nitrogen and oxygen atoms in total. The standard InChI is InChI=1S/C16H23ClO/c17-16(18)14-10-5-3-1-2-4-7-11-15-12-8-6-9-13-15/h6,8-9,12-13H,1-5,7,10-11,14H2. The molecule has 0 saturated heterocycles. The zero-order valence-corrected chi connectivity index (χ0v) is 11.8. The van der Waals surface area contributed by atoms with Gasteiger partial charge in [-0.25, -0.2) is 0 Å². The van der Waals surface area contributed by atoms with Gasteiger partial charge in [-0.2, -0.15) is 0 Å². The minimum absolute atomic E-state index is 0.196. The number of rotatable bonds is 10. The van der Waals surface area contributed by atoms with Gasteiger partial charge in [-0.15, -0.1) is 0 Å². The molecule has 0 amide bonds. The lowest BCUT2D eigenvalue weighted by atomic mass is 10.0. The van der Waals surface area contributed by atoms with E-state index in [1.807, 2.05) is 0 Å². The van der Waals surface area contributed by atoms with Crippen molar-refractivity contribution in [3.8, 4) is 0 Å². The Morgan fingerprint density at radius 2 is 1.39 bits per heavy atom. The lowest BCUT2D eigenvalue weighted by Crippen LogP contribution is -1.87. The number of aryl methyl sites for hydroxylation is 1. The quantitative estimate of drug-likeness (QED) is 0.425. The van der Waals surface area contributed by atoms with Gasteiger partial charge in [0.05, 0.1) is 0 Å². The minimum Gasteiger partial charge on any atom is -0.281 e. The molecule has 0 radical (unpaired) electrons. The first-order chi connectivity index (χ1) is 8.79. The highest BCUT2D eigenvalue weighted by Crippen LogP contribution is 2.11. The normalized spacial score (nSPS) is 10.5. The summed E-state index contributed by atoms with van der Waals surface area (Å²) in [6.07, 6.45) is 10.2. The van der Waals surface area contributed by atoms with Crippen LogP contribution in [0.15, 0.2) is 30.3 Å². The average molecular weight is 267 g/mol. The fourth-order valence-corrected chi connectivity index (χ4v) is 2.26. The van der Waals surface area contributed by atoms with Crippen LogP contribution in [0, 0.1) is 0 Å². The van der Waals surface area contributed by atoms with Gasteiger partial charge in [0.15, 0.2) is 0 Å². The molecular weight excluding hydrogens is 244 g/mol. The van der Waals surface area contributed by atoms with Crippen LogP contribution in [-0.4, -0.2) is 5.24 Å². The molecule has 1 aromatic rings. The van der Waals surface area contributed by atoms with E-state index in [0.717, 1.165) is 12.8 Å². The maximum absolute atomic E-state index is 10.5. The molecule has 0 heterocycles. The van der Waals surface area contributed by atoms with Gasteiger partial charge in [0.1, 0.15) is 0 Å². The first-order valence-corrected chi connectivity index (χ1v) is 7.39. The van der Waals surface area contributed by atoms with Crippen molar-refractivity contribution in [1.29, 1.82) is 0 Å². The van der Waals surface area contributed by atoms with E-state index >= 15 is 0 Å². The van der Waals surface area contributed by atoms with Gasteiger partial charge >= 0.3 is 0 Å². The molecule has 0 bridgehead atoms. The monoisotopic (exact) mass is 266 g/mol. The Hall–Kier alpha value is -0.820. The Labute approximate surface area is 116 Å². The topological polar surface area (TPSA) is 17.1 Å². The van der Waals surface area contributed by atoms with Gasteiger partial charge in [0.25, 0.3) is 0 Å². The molecule has 1 aromatic carbocycles. The molecule has 0 aromatic heterocycles. The molecule has 18 heavy (non-hydrogen) atoms. The van der Waals surface area contributed by atoms with Crippen LogP contribution in [0.1, 0.15) is 56.9 Å². The summed E-state index contributed by atoms with van der Waals surface area (Å²) in [6.45, 7) is 0. The van der Waals surface area contributed by atoms with Crippen molar-refractivity contribution in [2.24, 2.45) is 0 Å². The SMILES string of the molecule is O=C(Cl)CCCCCCCCCc1ccccc1. The number of unbranched alkanes of at least 4 members (excludes halogenated alkanes) is 6. The van der Waals surface area contributed by atoms with E-state index in [-0.39, 0.29) is 5.24 Å². The Balaban J connectivity index is 1.86. The third kappa shape index (κ3) is 8.30. The second-order valence-electron chi connectivity index (χ2n) is 4.82. The Morgan fingerprint density at radius 1 is 0.833 bits per heavy atom. The predicted octanol–water partition coefficient (Wildman–Crippen LogP) is 5.12. The van der Waals surface area contributed by atoms with Gasteiger partial charge in [-0.05, 0) is 36.4 Å². The molecule has 0 aliphatic rings. The van der Waals surface area contributed by atoms with E-state index in [1.165, 1.54) is 44.1 Å². The first kappa shape index (κ1) is 15.2. The van der Waals surface area contributed by atoms with Crippen LogP contribution in [0.5, 0.6) is 0 Å². The van der Waals surface area contributed by atoms with Crippen LogP contribution in [0.2, 0.25) is 0 Å². The molecule has 1 rings (SSSR count). The van der Waals surface area contributed by atoms with Gasteiger partial charge in [-0.3, -0.25) is 4.79 Å². The van der Waals surface area contributed by atoms with Gasteiger partial charge in [-0.1, -0.05) is 62.4 Å². The highest BCUT2D eigenvalue weighted by Gasteiger charge is 1.96.